The molecule has 3 rings (SSSR count). The average molecular weight is 269 g/mol. The van der Waals surface area contributed by atoms with E-state index in [1.54, 1.807) is 0 Å². The Labute approximate surface area is 121 Å². The zero-order valence-corrected chi connectivity index (χ0v) is 12.0. The van der Waals surface area contributed by atoms with Crippen LogP contribution in [0.25, 0.3) is 10.9 Å². The number of pyridine rings is 1. The maximum atomic E-state index is 4.35. The summed E-state index contributed by atoms with van der Waals surface area (Å²) in [5, 5.41) is 4.77. The predicted molar refractivity (Wildman–Crippen MR) is 83.7 cm³/mol. The van der Waals surface area contributed by atoms with E-state index in [2.05, 4.69) is 39.5 Å². The van der Waals surface area contributed by atoms with Crippen molar-refractivity contribution in [1.29, 1.82) is 0 Å². The zero-order valence-electron chi connectivity index (χ0n) is 12.0. The van der Waals surface area contributed by atoms with Crippen molar-refractivity contribution in [3.05, 3.63) is 42.1 Å². The summed E-state index contributed by atoms with van der Waals surface area (Å²) in [4.78, 5) is 6.92. The van der Waals surface area contributed by atoms with Crippen LogP contribution in [0.2, 0.25) is 0 Å². The fraction of sp³-hybridized carbons (Fsp3) is 0.471. The van der Waals surface area contributed by atoms with Crippen molar-refractivity contribution in [3.8, 4) is 0 Å². The number of aromatic nitrogens is 1. The lowest BCUT2D eigenvalue weighted by Gasteiger charge is -2.14. The number of nitrogens with zero attached hydrogens (tertiary/aromatic N) is 2. The molecule has 20 heavy (non-hydrogen) atoms. The summed E-state index contributed by atoms with van der Waals surface area (Å²) < 4.78 is 0. The molecular weight excluding hydrogens is 246 g/mol. The van der Waals surface area contributed by atoms with Crippen LogP contribution in [0.3, 0.4) is 0 Å². The number of benzene rings is 1. The van der Waals surface area contributed by atoms with Crippen LogP contribution < -0.4 is 5.32 Å². The Bertz CT molecular complexity index is 547. The molecule has 2 heterocycles. The first kappa shape index (κ1) is 13.5. The largest absolute Gasteiger partial charge is 0.313 e. The molecular formula is C17H23N3. The molecule has 0 amide bonds. The third kappa shape index (κ3) is 3.56. The molecule has 0 atom stereocenters. The Kier molecular flexibility index (Phi) is 4.61. The highest BCUT2D eigenvalue weighted by molar-refractivity contribution is 5.78. The lowest BCUT2D eigenvalue weighted by Crippen LogP contribution is -2.24. The van der Waals surface area contributed by atoms with Gasteiger partial charge in [0.1, 0.15) is 0 Å². The van der Waals surface area contributed by atoms with Crippen molar-refractivity contribution in [3.63, 3.8) is 0 Å². The van der Waals surface area contributed by atoms with Crippen LogP contribution in [0.15, 0.2) is 36.5 Å². The zero-order chi connectivity index (χ0) is 13.6. The van der Waals surface area contributed by atoms with E-state index in [1.165, 1.54) is 49.8 Å². The van der Waals surface area contributed by atoms with Gasteiger partial charge in [0, 0.05) is 18.1 Å². The van der Waals surface area contributed by atoms with Crippen molar-refractivity contribution in [2.45, 2.75) is 25.8 Å². The van der Waals surface area contributed by atoms with Gasteiger partial charge in [-0.15, -0.1) is 0 Å². The molecule has 1 aliphatic heterocycles. The van der Waals surface area contributed by atoms with Crippen LogP contribution in [-0.4, -0.2) is 36.1 Å². The van der Waals surface area contributed by atoms with Crippen molar-refractivity contribution < 1.29 is 0 Å². The monoisotopic (exact) mass is 269 g/mol. The van der Waals surface area contributed by atoms with E-state index in [0.717, 1.165) is 18.6 Å². The van der Waals surface area contributed by atoms with Gasteiger partial charge in [0.15, 0.2) is 0 Å². The highest BCUT2D eigenvalue weighted by Gasteiger charge is 2.09. The fourth-order valence-corrected chi connectivity index (χ4v) is 2.90. The van der Waals surface area contributed by atoms with E-state index >= 15 is 0 Å². The molecule has 106 valence electrons. The Morgan fingerprint density at radius 2 is 2.05 bits per heavy atom. The van der Waals surface area contributed by atoms with Crippen LogP contribution in [0, 0.1) is 0 Å². The molecule has 1 saturated heterocycles. The van der Waals surface area contributed by atoms with E-state index in [-0.39, 0.29) is 0 Å². The maximum Gasteiger partial charge on any atom is 0.0702 e. The van der Waals surface area contributed by atoms with Gasteiger partial charge in [-0.05, 0) is 69.2 Å². The van der Waals surface area contributed by atoms with Gasteiger partial charge in [0.2, 0.25) is 0 Å². The van der Waals surface area contributed by atoms with Crippen molar-refractivity contribution in [1.82, 2.24) is 15.2 Å². The molecule has 1 fully saturated rings. The van der Waals surface area contributed by atoms with Crippen LogP contribution in [-0.2, 0) is 6.54 Å². The quantitative estimate of drug-likeness (QED) is 0.817. The minimum absolute atomic E-state index is 0.949. The molecule has 0 aliphatic carbocycles. The SMILES string of the molecule is c1cnc2ccc(CNCCCN3CCCC3)cc2c1. The maximum absolute atomic E-state index is 4.35. The van der Waals surface area contributed by atoms with E-state index in [4.69, 9.17) is 0 Å². The van der Waals surface area contributed by atoms with Crippen LogP contribution >= 0.6 is 0 Å². The third-order valence-electron chi connectivity index (χ3n) is 4.02. The number of rotatable bonds is 6. The van der Waals surface area contributed by atoms with Crippen molar-refractivity contribution in [2.75, 3.05) is 26.2 Å². The lowest BCUT2D eigenvalue weighted by molar-refractivity contribution is 0.331. The van der Waals surface area contributed by atoms with Gasteiger partial charge in [0.05, 0.1) is 5.52 Å². The summed E-state index contributed by atoms with van der Waals surface area (Å²) in [7, 11) is 0. The molecule has 3 heteroatoms. The normalized spacial score (nSPS) is 16.0. The molecule has 1 aliphatic rings. The number of likely N-dealkylation sites (tertiary alicyclic amines) is 1. The summed E-state index contributed by atoms with van der Waals surface area (Å²) >= 11 is 0. The fourth-order valence-electron chi connectivity index (χ4n) is 2.90. The van der Waals surface area contributed by atoms with Crippen molar-refractivity contribution in [2.24, 2.45) is 0 Å². The molecule has 3 nitrogen and oxygen atoms in total. The van der Waals surface area contributed by atoms with Gasteiger partial charge in [-0.25, -0.2) is 0 Å². The molecule has 0 unspecified atom stereocenters. The van der Waals surface area contributed by atoms with Crippen LogP contribution in [0.1, 0.15) is 24.8 Å². The summed E-state index contributed by atoms with van der Waals surface area (Å²) in [5.74, 6) is 0. The Balaban J connectivity index is 1.42. The Morgan fingerprint density at radius 3 is 2.95 bits per heavy atom. The van der Waals surface area contributed by atoms with E-state index in [0.29, 0.717) is 0 Å². The second kappa shape index (κ2) is 6.82. The molecule has 0 spiro atoms. The van der Waals surface area contributed by atoms with Gasteiger partial charge in [-0.1, -0.05) is 12.1 Å². The molecule has 0 saturated carbocycles. The van der Waals surface area contributed by atoms with Gasteiger partial charge < -0.3 is 10.2 Å². The van der Waals surface area contributed by atoms with Crippen LogP contribution in [0.4, 0.5) is 0 Å². The van der Waals surface area contributed by atoms with E-state index in [1.807, 2.05) is 12.3 Å². The first-order valence-corrected chi connectivity index (χ1v) is 7.68. The van der Waals surface area contributed by atoms with E-state index < -0.39 is 0 Å². The molecule has 1 aromatic heterocycles. The second-order valence-electron chi connectivity index (χ2n) is 5.61. The number of nitrogens with one attached hydrogen (secondary N) is 1. The summed E-state index contributed by atoms with van der Waals surface area (Å²) in [6.07, 6.45) is 5.87. The van der Waals surface area contributed by atoms with E-state index in [9.17, 15) is 0 Å². The standard InChI is InChI=1S/C17H23N3/c1-2-11-20(10-1)12-4-8-18-14-15-6-7-17-16(13-15)5-3-9-19-17/h3,5-7,9,13,18H,1-2,4,8,10-12,14H2. The van der Waals surface area contributed by atoms with Gasteiger partial charge in [-0.2, -0.15) is 0 Å². The molecule has 1 aromatic carbocycles. The molecule has 0 radical (unpaired) electrons. The van der Waals surface area contributed by atoms with Gasteiger partial charge in [0.25, 0.3) is 0 Å². The first-order valence-electron chi connectivity index (χ1n) is 7.68. The Hall–Kier alpha value is -1.45. The minimum Gasteiger partial charge on any atom is -0.313 e. The first-order chi connectivity index (χ1) is 9.92. The number of hydrogen-bond acceptors (Lipinski definition) is 3. The van der Waals surface area contributed by atoms with Gasteiger partial charge >= 0.3 is 0 Å². The lowest BCUT2D eigenvalue weighted by atomic mass is 10.1. The predicted octanol–water partition coefficient (Wildman–Crippen LogP) is 2.81. The summed E-state index contributed by atoms with van der Waals surface area (Å²) in [5.41, 5.74) is 2.41. The highest BCUT2D eigenvalue weighted by Crippen LogP contribution is 2.13. The Morgan fingerprint density at radius 1 is 1.15 bits per heavy atom. The highest BCUT2D eigenvalue weighted by atomic mass is 15.1. The van der Waals surface area contributed by atoms with Gasteiger partial charge in [-0.3, -0.25) is 4.98 Å². The molecule has 2 aromatic rings. The summed E-state index contributed by atoms with van der Waals surface area (Å²) in [6.45, 7) is 5.90. The topological polar surface area (TPSA) is 28.2 Å². The average Bonchev–Trinajstić information content (AvgIpc) is 3.00. The molecule has 1 N–H and O–H groups in total. The number of hydrogen-bond donors (Lipinski definition) is 1. The van der Waals surface area contributed by atoms with Crippen LogP contribution in [0.5, 0.6) is 0 Å². The van der Waals surface area contributed by atoms with Crippen molar-refractivity contribution >= 4 is 10.9 Å². The molecule has 0 bridgehead atoms. The minimum atomic E-state index is 0.949. The number of fused-ring (bicyclic) bond motifs is 1. The smallest absolute Gasteiger partial charge is 0.0702 e. The third-order valence-corrected chi connectivity index (χ3v) is 4.02. The summed E-state index contributed by atoms with van der Waals surface area (Å²) in [6, 6.07) is 10.6. The second-order valence-corrected chi connectivity index (χ2v) is 5.61.